The van der Waals surface area contributed by atoms with E-state index in [1.807, 2.05) is 0 Å². The lowest BCUT2D eigenvalue weighted by atomic mass is 10.2. The van der Waals surface area contributed by atoms with Gasteiger partial charge in [-0.25, -0.2) is 4.99 Å². The Bertz CT molecular complexity index is 266. The maximum Gasteiger partial charge on any atom is 0.316 e. The van der Waals surface area contributed by atoms with Crippen molar-refractivity contribution < 1.29 is 19.4 Å². The number of methoxy groups -OCH3 is 1. The Morgan fingerprint density at radius 3 is 2.47 bits per heavy atom. The molecular formula is C8H13N3O4. The Morgan fingerprint density at radius 2 is 2.00 bits per heavy atom. The van der Waals surface area contributed by atoms with Crippen LogP contribution in [0.25, 0.3) is 0 Å². The number of hydrogen-bond acceptors (Lipinski definition) is 5. The number of carbonyl (C=O) groups is 2. The van der Waals surface area contributed by atoms with Gasteiger partial charge in [-0.1, -0.05) is 0 Å². The smallest absolute Gasteiger partial charge is 0.316 e. The molecule has 0 aromatic carbocycles. The van der Waals surface area contributed by atoms with Crippen molar-refractivity contribution >= 4 is 17.8 Å². The monoisotopic (exact) mass is 215 g/mol. The van der Waals surface area contributed by atoms with Gasteiger partial charge in [0.05, 0.1) is 12.6 Å². The minimum atomic E-state index is -0.728. The second kappa shape index (κ2) is 5.42. The topological polar surface area (TPSA) is 100 Å². The molecule has 0 aliphatic carbocycles. The number of aliphatic imine (C=N–C) groups is 1. The third-order valence-corrected chi connectivity index (χ3v) is 1.80. The maximum atomic E-state index is 10.8. The van der Waals surface area contributed by atoms with Crippen molar-refractivity contribution in [1.29, 1.82) is 0 Å². The van der Waals surface area contributed by atoms with E-state index in [9.17, 15) is 9.59 Å². The zero-order chi connectivity index (χ0) is 11.3. The molecule has 1 unspecified atom stereocenters. The molecule has 1 heterocycles. The van der Waals surface area contributed by atoms with Crippen LogP contribution in [0.15, 0.2) is 4.99 Å². The molecule has 7 nitrogen and oxygen atoms in total. The molecule has 1 saturated heterocycles. The number of aliphatic hydroxyl groups is 1. The zero-order valence-corrected chi connectivity index (χ0v) is 8.32. The summed E-state index contributed by atoms with van der Waals surface area (Å²) in [5.41, 5.74) is 0. The number of amides is 2. The average molecular weight is 215 g/mol. The summed E-state index contributed by atoms with van der Waals surface area (Å²) in [6.07, 6.45) is 0.406. The second-order valence-corrected chi connectivity index (χ2v) is 3.01. The Kier molecular flexibility index (Phi) is 4.19. The summed E-state index contributed by atoms with van der Waals surface area (Å²) < 4.78 is 4.88. The van der Waals surface area contributed by atoms with Crippen molar-refractivity contribution in [3.05, 3.63) is 0 Å². The van der Waals surface area contributed by atoms with Gasteiger partial charge in [0, 0.05) is 13.7 Å². The van der Waals surface area contributed by atoms with E-state index in [1.54, 1.807) is 0 Å². The predicted molar refractivity (Wildman–Crippen MR) is 51.1 cm³/mol. The normalized spacial score (nSPS) is 17.3. The third-order valence-electron chi connectivity index (χ3n) is 1.80. The quantitative estimate of drug-likeness (QED) is 0.461. The number of carbonyl (C=O) groups excluding carboxylic acids is 2. The summed E-state index contributed by atoms with van der Waals surface area (Å²) in [5.74, 6) is -1.34. The van der Waals surface area contributed by atoms with E-state index in [-0.39, 0.29) is 18.6 Å². The van der Waals surface area contributed by atoms with E-state index in [1.165, 1.54) is 7.11 Å². The average Bonchev–Trinajstić information content (AvgIpc) is 2.47. The lowest BCUT2D eigenvalue weighted by Gasteiger charge is -2.10. The standard InChI is InChI=1S/C8H13N3O4/c1-15-4-5(2-3-12)9-8-10-6(13)7(14)11-8/h5,12H,2-4H2,1H3,(H2,9,10,11,13,14). The SMILES string of the molecule is COCC(CCO)N=C1NC(=O)C(=O)N1. The molecule has 0 aromatic rings. The van der Waals surface area contributed by atoms with E-state index in [4.69, 9.17) is 9.84 Å². The van der Waals surface area contributed by atoms with Crippen LogP contribution in [-0.4, -0.2) is 49.2 Å². The summed E-state index contributed by atoms with van der Waals surface area (Å²) in [5, 5.41) is 13.3. The summed E-state index contributed by atoms with van der Waals surface area (Å²) in [7, 11) is 1.51. The Labute approximate surface area is 86.5 Å². The van der Waals surface area contributed by atoms with E-state index in [0.29, 0.717) is 13.0 Å². The summed E-state index contributed by atoms with van der Waals surface area (Å²) in [6, 6.07) is -0.284. The second-order valence-electron chi connectivity index (χ2n) is 3.01. The Balaban J connectivity index is 2.59. The number of guanidine groups is 1. The van der Waals surface area contributed by atoms with Crippen LogP contribution in [-0.2, 0) is 14.3 Å². The van der Waals surface area contributed by atoms with Crippen LogP contribution in [0.3, 0.4) is 0 Å². The molecule has 0 aromatic heterocycles. The molecule has 1 aliphatic heterocycles. The summed E-state index contributed by atoms with van der Waals surface area (Å²) >= 11 is 0. The molecule has 1 atom stereocenters. The van der Waals surface area contributed by atoms with Gasteiger partial charge >= 0.3 is 11.8 Å². The lowest BCUT2D eigenvalue weighted by Crippen LogP contribution is -2.29. The molecule has 2 amide bonds. The predicted octanol–water partition coefficient (Wildman–Crippen LogP) is -2.01. The van der Waals surface area contributed by atoms with Crippen LogP contribution in [0.4, 0.5) is 0 Å². The highest BCUT2D eigenvalue weighted by Gasteiger charge is 2.25. The van der Waals surface area contributed by atoms with Gasteiger partial charge in [-0.2, -0.15) is 0 Å². The minimum Gasteiger partial charge on any atom is -0.396 e. The van der Waals surface area contributed by atoms with Crippen molar-refractivity contribution in [1.82, 2.24) is 10.6 Å². The number of hydrogen-bond donors (Lipinski definition) is 3. The van der Waals surface area contributed by atoms with Gasteiger partial charge in [-0.3, -0.25) is 20.2 Å². The minimum absolute atomic E-state index is 0.0350. The number of aliphatic hydroxyl groups excluding tert-OH is 1. The fraction of sp³-hybridized carbons (Fsp3) is 0.625. The van der Waals surface area contributed by atoms with Crippen LogP contribution in [0.2, 0.25) is 0 Å². The van der Waals surface area contributed by atoms with E-state index in [2.05, 4.69) is 15.6 Å². The first-order valence-electron chi connectivity index (χ1n) is 4.47. The fourth-order valence-electron chi connectivity index (χ4n) is 1.13. The highest BCUT2D eigenvalue weighted by Crippen LogP contribution is 1.99. The van der Waals surface area contributed by atoms with Gasteiger partial charge in [-0.05, 0) is 6.42 Å². The van der Waals surface area contributed by atoms with Gasteiger partial charge in [-0.15, -0.1) is 0 Å². The lowest BCUT2D eigenvalue weighted by molar-refractivity contribution is -0.135. The van der Waals surface area contributed by atoms with Crippen LogP contribution in [0, 0.1) is 0 Å². The Hall–Kier alpha value is -1.47. The van der Waals surface area contributed by atoms with Gasteiger partial charge in [0.25, 0.3) is 0 Å². The first kappa shape index (κ1) is 11.6. The molecule has 15 heavy (non-hydrogen) atoms. The number of ether oxygens (including phenoxy) is 1. The molecule has 1 rings (SSSR count). The molecule has 84 valence electrons. The fourth-order valence-corrected chi connectivity index (χ4v) is 1.13. The van der Waals surface area contributed by atoms with Gasteiger partial charge in [0.2, 0.25) is 5.96 Å². The van der Waals surface area contributed by atoms with Gasteiger partial charge in [0.15, 0.2) is 0 Å². The molecule has 7 heteroatoms. The van der Waals surface area contributed by atoms with Crippen molar-refractivity contribution in [3.63, 3.8) is 0 Å². The van der Waals surface area contributed by atoms with Crippen LogP contribution in [0.5, 0.6) is 0 Å². The largest absolute Gasteiger partial charge is 0.396 e. The molecule has 3 N–H and O–H groups in total. The first-order valence-corrected chi connectivity index (χ1v) is 4.47. The zero-order valence-electron chi connectivity index (χ0n) is 8.32. The molecular weight excluding hydrogens is 202 g/mol. The number of nitrogens with zero attached hydrogens (tertiary/aromatic N) is 1. The van der Waals surface area contributed by atoms with Crippen LogP contribution < -0.4 is 10.6 Å². The Morgan fingerprint density at radius 1 is 1.40 bits per heavy atom. The molecule has 1 fully saturated rings. The third kappa shape index (κ3) is 3.30. The molecule has 0 spiro atoms. The van der Waals surface area contributed by atoms with Crippen LogP contribution >= 0.6 is 0 Å². The molecule has 0 bridgehead atoms. The van der Waals surface area contributed by atoms with Crippen molar-refractivity contribution in [3.8, 4) is 0 Å². The molecule has 0 saturated carbocycles. The number of nitrogens with one attached hydrogen (secondary N) is 2. The van der Waals surface area contributed by atoms with E-state index in [0.717, 1.165) is 0 Å². The van der Waals surface area contributed by atoms with E-state index >= 15 is 0 Å². The van der Waals surface area contributed by atoms with Crippen molar-refractivity contribution in [2.24, 2.45) is 4.99 Å². The number of rotatable bonds is 5. The van der Waals surface area contributed by atoms with E-state index < -0.39 is 11.8 Å². The van der Waals surface area contributed by atoms with Crippen LogP contribution in [0.1, 0.15) is 6.42 Å². The molecule has 1 aliphatic rings. The van der Waals surface area contributed by atoms with Gasteiger partial charge in [0.1, 0.15) is 0 Å². The van der Waals surface area contributed by atoms with Crippen molar-refractivity contribution in [2.45, 2.75) is 12.5 Å². The first-order chi connectivity index (χ1) is 7.17. The molecule has 0 radical (unpaired) electrons. The highest BCUT2D eigenvalue weighted by molar-refractivity contribution is 6.45. The maximum absolute atomic E-state index is 10.8. The summed E-state index contributed by atoms with van der Waals surface area (Å²) in [4.78, 5) is 25.6. The van der Waals surface area contributed by atoms with Crippen molar-refractivity contribution in [2.75, 3.05) is 20.3 Å². The van der Waals surface area contributed by atoms with Gasteiger partial charge < -0.3 is 9.84 Å². The summed E-state index contributed by atoms with van der Waals surface area (Å²) in [6.45, 7) is 0.280. The highest BCUT2D eigenvalue weighted by atomic mass is 16.5.